The maximum absolute atomic E-state index is 6.19. The first-order chi connectivity index (χ1) is 11.7. The number of rotatable bonds is 3. The van der Waals surface area contributed by atoms with Crippen molar-refractivity contribution in [2.45, 2.75) is 31.7 Å². The zero-order valence-corrected chi connectivity index (χ0v) is 14.7. The summed E-state index contributed by atoms with van der Waals surface area (Å²) in [6.07, 6.45) is 2.62. The molecule has 1 aliphatic heterocycles. The van der Waals surface area contributed by atoms with E-state index < -0.39 is 5.79 Å². The minimum atomic E-state index is -0.402. The molecule has 0 saturated carbocycles. The molecule has 2 aromatic rings. The lowest BCUT2D eigenvalue weighted by Gasteiger charge is -2.33. The minimum absolute atomic E-state index is 0.355. The Kier molecular flexibility index (Phi) is 4.44. The second kappa shape index (κ2) is 6.57. The molecule has 1 aliphatic carbocycles. The van der Waals surface area contributed by atoms with Crippen molar-refractivity contribution < 1.29 is 14.2 Å². The van der Waals surface area contributed by atoms with Crippen LogP contribution in [-0.4, -0.2) is 19.0 Å². The monoisotopic (exact) mass is 364 g/mol. The maximum atomic E-state index is 6.19. The van der Waals surface area contributed by atoms with E-state index >= 15 is 0 Å². The Morgan fingerprint density at radius 2 is 1.75 bits per heavy atom. The van der Waals surface area contributed by atoms with Crippen LogP contribution in [-0.2, 0) is 28.9 Å². The van der Waals surface area contributed by atoms with Gasteiger partial charge in [-0.15, -0.1) is 0 Å². The molecule has 1 saturated heterocycles. The molecule has 0 aromatic heterocycles. The highest BCUT2D eigenvalue weighted by Crippen LogP contribution is 2.36. The van der Waals surface area contributed by atoms with Crippen molar-refractivity contribution in [1.29, 1.82) is 0 Å². The average Bonchev–Trinajstić information content (AvgIpc) is 3.02. The summed E-state index contributed by atoms with van der Waals surface area (Å²) in [7, 11) is 0. The molecule has 3 nitrogen and oxygen atoms in total. The van der Waals surface area contributed by atoms with Gasteiger partial charge in [0, 0.05) is 28.5 Å². The molecule has 0 unspecified atom stereocenters. The molecule has 5 heteroatoms. The number of ether oxygens (including phenoxy) is 3. The second-order valence-electron chi connectivity index (χ2n) is 6.20. The minimum Gasteiger partial charge on any atom is -0.489 e. The molecule has 0 radical (unpaired) electrons. The molecular formula is C19H18Cl2O3. The summed E-state index contributed by atoms with van der Waals surface area (Å²) in [4.78, 5) is 0. The fourth-order valence-electron chi connectivity index (χ4n) is 3.37. The third-order valence-electron chi connectivity index (χ3n) is 4.67. The van der Waals surface area contributed by atoms with Gasteiger partial charge in [0.2, 0.25) is 0 Å². The van der Waals surface area contributed by atoms with E-state index in [2.05, 4.69) is 12.1 Å². The first-order valence-corrected chi connectivity index (χ1v) is 8.86. The summed E-state index contributed by atoms with van der Waals surface area (Å²) in [5, 5.41) is 1.25. The van der Waals surface area contributed by atoms with Crippen molar-refractivity contribution in [3.05, 3.63) is 63.1 Å². The van der Waals surface area contributed by atoms with E-state index in [0.717, 1.165) is 30.6 Å². The van der Waals surface area contributed by atoms with Crippen LogP contribution in [0.1, 0.15) is 23.1 Å². The summed E-state index contributed by atoms with van der Waals surface area (Å²) in [5.41, 5.74) is 3.37. The van der Waals surface area contributed by atoms with Gasteiger partial charge in [-0.2, -0.15) is 0 Å². The van der Waals surface area contributed by atoms with E-state index in [9.17, 15) is 0 Å². The molecule has 0 atom stereocenters. The van der Waals surface area contributed by atoms with E-state index in [1.807, 2.05) is 24.3 Å². The largest absolute Gasteiger partial charge is 0.489 e. The summed E-state index contributed by atoms with van der Waals surface area (Å²) >= 11 is 12.4. The lowest BCUT2D eigenvalue weighted by molar-refractivity contribution is -0.163. The Bertz CT molecular complexity index is 734. The van der Waals surface area contributed by atoms with E-state index in [1.165, 1.54) is 11.1 Å². The van der Waals surface area contributed by atoms with E-state index in [-0.39, 0.29) is 0 Å². The van der Waals surface area contributed by atoms with Crippen molar-refractivity contribution in [3.8, 4) is 5.75 Å². The average molecular weight is 365 g/mol. The normalized spacial score (nSPS) is 18.6. The van der Waals surface area contributed by atoms with Crippen LogP contribution < -0.4 is 4.74 Å². The fourth-order valence-corrected chi connectivity index (χ4v) is 3.88. The van der Waals surface area contributed by atoms with Crippen LogP contribution in [0.15, 0.2) is 36.4 Å². The Hall–Kier alpha value is -1.26. The van der Waals surface area contributed by atoms with Gasteiger partial charge in [0.1, 0.15) is 12.4 Å². The van der Waals surface area contributed by atoms with Gasteiger partial charge < -0.3 is 14.2 Å². The van der Waals surface area contributed by atoms with Crippen molar-refractivity contribution in [1.82, 2.24) is 0 Å². The van der Waals surface area contributed by atoms with Crippen LogP contribution >= 0.6 is 23.2 Å². The van der Waals surface area contributed by atoms with Gasteiger partial charge in [0.25, 0.3) is 0 Å². The van der Waals surface area contributed by atoms with E-state index in [4.69, 9.17) is 37.4 Å². The molecule has 2 aromatic carbocycles. The maximum Gasteiger partial charge on any atom is 0.172 e. The first-order valence-electron chi connectivity index (χ1n) is 8.11. The molecule has 0 N–H and O–H groups in total. The van der Waals surface area contributed by atoms with E-state index in [1.54, 1.807) is 0 Å². The molecule has 126 valence electrons. The van der Waals surface area contributed by atoms with Crippen LogP contribution in [0.3, 0.4) is 0 Å². The Balaban J connectivity index is 1.48. The number of halogens is 2. The standard InChI is InChI=1S/C19H18Cl2O3/c20-17-2-1-3-18(21)16(17)12-22-15-5-4-14-11-19(23-8-9-24-19)7-6-13(14)10-15/h1-5,10H,6-9,11-12H2. The first kappa shape index (κ1) is 16.2. The molecule has 1 fully saturated rings. The lowest BCUT2D eigenvalue weighted by atomic mass is 9.87. The van der Waals surface area contributed by atoms with Crippen LogP contribution in [0.25, 0.3) is 0 Å². The molecular weight excluding hydrogens is 347 g/mol. The zero-order chi connectivity index (χ0) is 16.6. The summed E-state index contributed by atoms with van der Waals surface area (Å²) in [6, 6.07) is 11.7. The van der Waals surface area contributed by atoms with E-state index in [0.29, 0.717) is 29.9 Å². The van der Waals surface area contributed by atoms with Crippen molar-refractivity contribution >= 4 is 23.2 Å². The molecule has 1 heterocycles. The quantitative estimate of drug-likeness (QED) is 0.782. The van der Waals surface area contributed by atoms with Crippen LogP contribution in [0.2, 0.25) is 10.0 Å². The van der Waals surface area contributed by atoms with Crippen LogP contribution in [0.4, 0.5) is 0 Å². The Morgan fingerprint density at radius 3 is 2.50 bits per heavy atom. The topological polar surface area (TPSA) is 27.7 Å². The van der Waals surface area contributed by atoms with Gasteiger partial charge in [-0.3, -0.25) is 0 Å². The number of benzene rings is 2. The van der Waals surface area contributed by atoms with Gasteiger partial charge in [0.05, 0.1) is 13.2 Å². The third-order valence-corrected chi connectivity index (χ3v) is 5.38. The molecule has 0 bridgehead atoms. The summed E-state index contributed by atoms with van der Waals surface area (Å²) in [5.74, 6) is 0.425. The zero-order valence-electron chi connectivity index (χ0n) is 13.2. The molecule has 2 aliphatic rings. The number of fused-ring (bicyclic) bond motifs is 1. The molecule has 0 amide bonds. The Labute approximate surface area is 151 Å². The highest BCUT2D eigenvalue weighted by atomic mass is 35.5. The second-order valence-corrected chi connectivity index (χ2v) is 7.02. The number of hydrogen-bond acceptors (Lipinski definition) is 3. The Morgan fingerprint density at radius 1 is 1.00 bits per heavy atom. The summed E-state index contributed by atoms with van der Waals surface area (Å²) in [6.45, 7) is 1.73. The predicted molar refractivity (Wildman–Crippen MR) is 93.9 cm³/mol. The van der Waals surface area contributed by atoms with Gasteiger partial charge in [0.15, 0.2) is 5.79 Å². The number of hydrogen-bond donors (Lipinski definition) is 0. The van der Waals surface area contributed by atoms with Gasteiger partial charge in [-0.05, 0) is 41.8 Å². The smallest absolute Gasteiger partial charge is 0.172 e. The predicted octanol–water partition coefficient (Wildman–Crippen LogP) is 4.80. The van der Waals surface area contributed by atoms with Crippen LogP contribution in [0.5, 0.6) is 5.75 Å². The fraction of sp³-hybridized carbons (Fsp3) is 0.368. The summed E-state index contributed by atoms with van der Waals surface area (Å²) < 4.78 is 17.5. The van der Waals surface area contributed by atoms with Crippen molar-refractivity contribution in [3.63, 3.8) is 0 Å². The van der Waals surface area contributed by atoms with Gasteiger partial charge >= 0.3 is 0 Å². The highest BCUT2D eigenvalue weighted by Gasteiger charge is 2.39. The molecule has 1 spiro atoms. The van der Waals surface area contributed by atoms with Crippen molar-refractivity contribution in [2.75, 3.05) is 13.2 Å². The van der Waals surface area contributed by atoms with Gasteiger partial charge in [-0.1, -0.05) is 35.3 Å². The third kappa shape index (κ3) is 3.14. The van der Waals surface area contributed by atoms with Gasteiger partial charge in [-0.25, -0.2) is 0 Å². The molecule has 24 heavy (non-hydrogen) atoms. The lowest BCUT2D eigenvalue weighted by Crippen LogP contribution is -2.36. The van der Waals surface area contributed by atoms with Crippen molar-refractivity contribution in [2.24, 2.45) is 0 Å². The SMILES string of the molecule is Clc1cccc(Cl)c1COc1ccc2c(c1)CCC1(C2)OCCO1. The highest BCUT2D eigenvalue weighted by molar-refractivity contribution is 6.35. The number of aryl methyl sites for hydroxylation is 1. The molecule has 4 rings (SSSR count). The van der Waals surface area contributed by atoms with Crippen LogP contribution in [0, 0.1) is 0 Å².